The molecule has 2 rings (SSSR count). The summed E-state index contributed by atoms with van der Waals surface area (Å²) in [5.74, 6) is -0.424. The van der Waals surface area contributed by atoms with E-state index in [1.165, 1.54) is 6.20 Å². The molecule has 0 aromatic carbocycles. The van der Waals surface area contributed by atoms with Crippen molar-refractivity contribution in [1.82, 2.24) is 4.98 Å². The van der Waals surface area contributed by atoms with Crippen LogP contribution < -0.4 is 5.73 Å². The summed E-state index contributed by atoms with van der Waals surface area (Å²) in [6.07, 6.45) is 5.40. The first-order chi connectivity index (χ1) is 7.18. The third-order valence-electron chi connectivity index (χ3n) is 3.33. The molecule has 82 valence electrons. The van der Waals surface area contributed by atoms with Crippen LogP contribution in [0.1, 0.15) is 31.2 Å². The average molecular weight is 229 g/mol. The Balaban J connectivity index is 2.46. The van der Waals surface area contributed by atoms with Gasteiger partial charge in [-0.2, -0.15) is 4.39 Å². The third kappa shape index (κ3) is 1.86. The molecule has 1 saturated carbocycles. The maximum absolute atomic E-state index is 13.6. The Morgan fingerprint density at radius 2 is 2.13 bits per heavy atom. The van der Waals surface area contributed by atoms with Gasteiger partial charge in [0.1, 0.15) is 0 Å². The molecule has 0 bridgehead atoms. The lowest BCUT2D eigenvalue weighted by molar-refractivity contribution is 0.417. The van der Waals surface area contributed by atoms with Crippen molar-refractivity contribution in [3.63, 3.8) is 0 Å². The lowest BCUT2D eigenvalue weighted by atomic mass is 9.79. The van der Waals surface area contributed by atoms with Crippen LogP contribution in [0.15, 0.2) is 12.3 Å². The number of hydrogen-bond donors (Lipinski definition) is 1. The van der Waals surface area contributed by atoms with E-state index < -0.39 is 5.95 Å². The molecule has 4 heteroatoms. The Kier molecular flexibility index (Phi) is 2.94. The first-order valence-corrected chi connectivity index (χ1v) is 5.57. The second-order valence-corrected chi connectivity index (χ2v) is 4.62. The van der Waals surface area contributed by atoms with Gasteiger partial charge in [0.15, 0.2) is 0 Å². The van der Waals surface area contributed by atoms with Gasteiger partial charge in [-0.25, -0.2) is 4.98 Å². The second-order valence-electron chi connectivity index (χ2n) is 4.18. The van der Waals surface area contributed by atoms with E-state index in [2.05, 4.69) is 4.98 Å². The Morgan fingerprint density at radius 1 is 1.47 bits per heavy atom. The predicted octanol–water partition coefficient (Wildman–Crippen LogP) is 2.64. The minimum absolute atomic E-state index is 0.234. The fraction of sp³-hybridized carbons (Fsp3) is 0.545. The maximum Gasteiger partial charge on any atom is 0.216 e. The zero-order valence-corrected chi connectivity index (χ0v) is 9.23. The van der Waals surface area contributed by atoms with Gasteiger partial charge >= 0.3 is 0 Å². The summed E-state index contributed by atoms with van der Waals surface area (Å²) >= 11 is 5.84. The lowest BCUT2D eigenvalue weighted by Crippen LogP contribution is -2.33. The Bertz CT molecular complexity index is 362. The van der Waals surface area contributed by atoms with E-state index >= 15 is 0 Å². The molecule has 1 aromatic heterocycles. The van der Waals surface area contributed by atoms with Gasteiger partial charge < -0.3 is 5.73 Å². The van der Waals surface area contributed by atoms with E-state index in [-0.39, 0.29) is 5.41 Å². The maximum atomic E-state index is 13.6. The second kappa shape index (κ2) is 4.06. The van der Waals surface area contributed by atoms with Crippen LogP contribution in [-0.2, 0) is 5.41 Å². The quantitative estimate of drug-likeness (QED) is 0.791. The molecule has 1 heterocycles. The van der Waals surface area contributed by atoms with Gasteiger partial charge in [-0.1, -0.05) is 24.4 Å². The minimum atomic E-state index is -0.424. The molecule has 2 nitrogen and oxygen atoms in total. The first-order valence-electron chi connectivity index (χ1n) is 5.19. The molecule has 2 N–H and O–H groups in total. The first kappa shape index (κ1) is 10.8. The molecule has 1 aromatic rings. The van der Waals surface area contributed by atoms with Gasteiger partial charge in [-0.3, -0.25) is 0 Å². The number of pyridine rings is 1. The van der Waals surface area contributed by atoms with Crippen molar-refractivity contribution < 1.29 is 4.39 Å². The van der Waals surface area contributed by atoms with Gasteiger partial charge in [0.2, 0.25) is 5.95 Å². The Morgan fingerprint density at radius 3 is 2.73 bits per heavy atom. The minimum Gasteiger partial charge on any atom is -0.330 e. The average Bonchev–Trinajstić information content (AvgIpc) is 2.71. The SMILES string of the molecule is NCC1(c2cc(Cl)cnc2F)CCCC1. The van der Waals surface area contributed by atoms with E-state index in [0.29, 0.717) is 17.1 Å². The standard InChI is InChI=1S/C11H14ClFN2/c12-8-5-9(10(13)15-6-8)11(7-14)3-1-2-4-11/h5-6H,1-4,7,14H2. The smallest absolute Gasteiger partial charge is 0.216 e. The van der Waals surface area contributed by atoms with E-state index in [4.69, 9.17) is 17.3 Å². The molecule has 0 atom stereocenters. The summed E-state index contributed by atoms with van der Waals surface area (Å²) in [6, 6.07) is 1.67. The molecule has 0 amide bonds. The van der Waals surface area contributed by atoms with Crippen LogP contribution in [0.2, 0.25) is 5.02 Å². The summed E-state index contributed by atoms with van der Waals surface area (Å²) in [5, 5.41) is 0.478. The van der Waals surface area contributed by atoms with Crippen LogP contribution in [0.5, 0.6) is 0 Å². The Labute approximate surface area is 93.6 Å². The molecule has 15 heavy (non-hydrogen) atoms. The lowest BCUT2D eigenvalue weighted by Gasteiger charge is -2.27. The highest BCUT2D eigenvalue weighted by molar-refractivity contribution is 6.30. The van der Waals surface area contributed by atoms with Gasteiger partial charge in [-0.05, 0) is 18.9 Å². The summed E-state index contributed by atoms with van der Waals surface area (Å²) in [5.41, 5.74) is 6.14. The van der Waals surface area contributed by atoms with Crippen molar-refractivity contribution in [3.8, 4) is 0 Å². The highest BCUT2D eigenvalue weighted by Gasteiger charge is 2.37. The molecule has 1 aliphatic rings. The molecule has 0 spiro atoms. The Hall–Kier alpha value is -0.670. The molecule has 1 fully saturated rings. The zero-order chi connectivity index (χ0) is 10.9. The van der Waals surface area contributed by atoms with Crippen molar-refractivity contribution in [3.05, 3.63) is 28.8 Å². The highest BCUT2D eigenvalue weighted by Crippen LogP contribution is 2.41. The van der Waals surface area contributed by atoms with Gasteiger partial charge in [-0.15, -0.1) is 0 Å². The highest BCUT2D eigenvalue weighted by atomic mass is 35.5. The number of halogens is 2. The predicted molar refractivity (Wildman–Crippen MR) is 58.4 cm³/mol. The van der Waals surface area contributed by atoms with E-state index in [9.17, 15) is 4.39 Å². The fourth-order valence-corrected chi connectivity index (χ4v) is 2.59. The molecular formula is C11H14ClFN2. The molecule has 0 aliphatic heterocycles. The van der Waals surface area contributed by atoms with Crippen LogP contribution in [0.3, 0.4) is 0 Å². The van der Waals surface area contributed by atoms with E-state index in [0.717, 1.165) is 25.7 Å². The number of nitrogens with two attached hydrogens (primary N) is 1. The number of hydrogen-bond acceptors (Lipinski definition) is 2. The van der Waals surface area contributed by atoms with Gasteiger partial charge in [0.25, 0.3) is 0 Å². The molecule has 1 aliphatic carbocycles. The van der Waals surface area contributed by atoms with Crippen LogP contribution >= 0.6 is 11.6 Å². The van der Waals surface area contributed by atoms with Crippen LogP contribution in [0.4, 0.5) is 4.39 Å². The summed E-state index contributed by atoms with van der Waals surface area (Å²) < 4.78 is 13.6. The molecular weight excluding hydrogens is 215 g/mol. The molecule has 0 unspecified atom stereocenters. The summed E-state index contributed by atoms with van der Waals surface area (Å²) in [4.78, 5) is 3.66. The third-order valence-corrected chi connectivity index (χ3v) is 3.54. The van der Waals surface area contributed by atoms with E-state index in [1.807, 2.05) is 0 Å². The monoisotopic (exact) mass is 228 g/mol. The largest absolute Gasteiger partial charge is 0.330 e. The van der Waals surface area contributed by atoms with Crippen LogP contribution in [0.25, 0.3) is 0 Å². The van der Waals surface area contributed by atoms with Crippen molar-refractivity contribution in [2.75, 3.05) is 6.54 Å². The fourth-order valence-electron chi connectivity index (χ4n) is 2.43. The zero-order valence-electron chi connectivity index (χ0n) is 8.47. The normalized spacial score (nSPS) is 19.4. The van der Waals surface area contributed by atoms with Gasteiger partial charge in [0, 0.05) is 23.7 Å². The van der Waals surface area contributed by atoms with Crippen molar-refractivity contribution in [2.45, 2.75) is 31.1 Å². The summed E-state index contributed by atoms with van der Waals surface area (Å²) in [7, 11) is 0. The molecule has 0 radical (unpaired) electrons. The summed E-state index contributed by atoms with van der Waals surface area (Å²) in [6.45, 7) is 0.464. The topological polar surface area (TPSA) is 38.9 Å². The van der Waals surface area contributed by atoms with Crippen molar-refractivity contribution >= 4 is 11.6 Å². The van der Waals surface area contributed by atoms with Crippen LogP contribution in [-0.4, -0.2) is 11.5 Å². The van der Waals surface area contributed by atoms with Crippen LogP contribution in [0, 0.1) is 5.95 Å². The number of aromatic nitrogens is 1. The van der Waals surface area contributed by atoms with Gasteiger partial charge in [0.05, 0.1) is 5.02 Å². The van der Waals surface area contributed by atoms with E-state index in [1.54, 1.807) is 6.07 Å². The van der Waals surface area contributed by atoms with Crippen molar-refractivity contribution in [2.24, 2.45) is 5.73 Å². The van der Waals surface area contributed by atoms with Crippen molar-refractivity contribution in [1.29, 1.82) is 0 Å². The number of nitrogens with zero attached hydrogens (tertiary/aromatic N) is 1. The molecule has 0 saturated heterocycles. The number of rotatable bonds is 2.